The van der Waals surface area contributed by atoms with Crippen molar-refractivity contribution in [3.05, 3.63) is 77.1 Å². The maximum Gasteiger partial charge on any atom is 0.188 e. The van der Waals surface area contributed by atoms with Crippen LogP contribution < -0.4 is 5.32 Å². The highest BCUT2D eigenvalue weighted by molar-refractivity contribution is 7.15. The van der Waals surface area contributed by atoms with Gasteiger partial charge in [0.05, 0.1) is 17.3 Å². The number of nitrogens with zero attached hydrogens (tertiary/aromatic N) is 4. The third kappa shape index (κ3) is 3.86. The Labute approximate surface area is 174 Å². The van der Waals surface area contributed by atoms with Crippen molar-refractivity contribution in [1.29, 1.82) is 0 Å². The molecule has 0 aliphatic carbocycles. The van der Waals surface area contributed by atoms with Crippen molar-refractivity contribution >= 4 is 33.2 Å². The molecule has 4 aromatic rings. The molecular formula is C23H23N5S. The molecule has 0 amide bonds. The second-order valence-corrected chi connectivity index (χ2v) is 8.70. The van der Waals surface area contributed by atoms with Crippen molar-refractivity contribution in [2.75, 3.05) is 11.9 Å². The molecule has 1 aromatic carbocycles. The van der Waals surface area contributed by atoms with Crippen molar-refractivity contribution in [2.45, 2.75) is 32.4 Å². The van der Waals surface area contributed by atoms with Gasteiger partial charge in [-0.2, -0.15) is 0 Å². The summed E-state index contributed by atoms with van der Waals surface area (Å²) in [5.41, 5.74) is 3.51. The van der Waals surface area contributed by atoms with Gasteiger partial charge in [-0.1, -0.05) is 24.3 Å². The molecule has 1 atom stereocenters. The van der Waals surface area contributed by atoms with Crippen molar-refractivity contribution in [3.63, 3.8) is 0 Å². The van der Waals surface area contributed by atoms with Crippen LogP contribution in [-0.2, 0) is 6.54 Å². The molecule has 0 radical (unpaired) electrons. The first-order chi connectivity index (χ1) is 14.3. The molecule has 1 fully saturated rings. The fourth-order valence-corrected chi connectivity index (χ4v) is 4.77. The number of aryl methyl sites for hydroxylation is 1. The highest BCUT2D eigenvalue weighted by Crippen LogP contribution is 2.34. The Morgan fingerprint density at radius 1 is 1.10 bits per heavy atom. The van der Waals surface area contributed by atoms with E-state index in [-0.39, 0.29) is 0 Å². The Balaban J connectivity index is 1.38. The Bertz CT molecular complexity index is 1130. The smallest absolute Gasteiger partial charge is 0.188 e. The van der Waals surface area contributed by atoms with Gasteiger partial charge in [-0.25, -0.2) is 9.97 Å². The molecule has 3 aromatic heterocycles. The van der Waals surface area contributed by atoms with E-state index in [0.29, 0.717) is 6.04 Å². The van der Waals surface area contributed by atoms with Gasteiger partial charge in [-0.05, 0) is 56.1 Å². The molecule has 6 heteroatoms. The SMILES string of the molecule is Cc1cnc(Nc2cccc(C3CCCN3Cc3cccc4ncccc34)n2)s1. The van der Waals surface area contributed by atoms with E-state index in [1.807, 2.05) is 24.5 Å². The lowest BCUT2D eigenvalue weighted by Crippen LogP contribution is -2.23. The van der Waals surface area contributed by atoms with E-state index < -0.39 is 0 Å². The molecule has 1 aliphatic heterocycles. The van der Waals surface area contributed by atoms with Gasteiger partial charge in [0.25, 0.3) is 0 Å². The van der Waals surface area contributed by atoms with Gasteiger partial charge in [-0.3, -0.25) is 9.88 Å². The van der Waals surface area contributed by atoms with Gasteiger partial charge in [0, 0.05) is 29.2 Å². The van der Waals surface area contributed by atoms with Gasteiger partial charge in [0.15, 0.2) is 5.13 Å². The van der Waals surface area contributed by atoms with Gasteiger partial charge >= 0.3 is 0 Å². The minimum atomic E-state index is 0.335. The first-order valence-electron chi connectivity index (χ1n) is 9.99. The van der Waals surface area contributed by atoms with Crippen LogP contribution in [0.15, 0.2) is 60.9 Å². The molecule has 29 heavy (non-hydrogen) atoms. The zero-order valence-electron chi connectivity index (χ0n) is 16.4. The van der Waals surface area contributed by atoms with Crippen LogP contribution in [0.1, 0.15) is 35.0 Å². The minimum absolute atomic E-state index is 0.335. The Morgan fingerprint density at radius 2 is 2.03 bits per heavy atom. The van der Waals surface area contributed by atoms with E-state index in [1.165, 1.54) is 22.2 Å². The van der Waals surface area contributed by atoms with Crippen molar-refractivity contribution < 1.29 is 0 Å². The maximum absolute atomic E-state index is 4.92. The summed E-state index contributed by atoms with van der Waals surface area (Å²) in [6.45, 7) is 4.07. The van der Waals surface area contributed by atoms with E-state index in [2.05, 4.69) is 63.5 Å². The van der Waals surface area contributed by atoms with Crippen molar-refractivity contribution in [3.8, 4) is 0 Å². The predicted octanol–water partition coefficient (Wildman–Crippen LogP) is 5.48. The van der Waals surface area contributed by atoms with Crippen LogP contribution in [-0.4, -0.2) is 26.4 Å². The number of thiazole rings is 1. The molecule has 0 spiro atoms. The molecule has 5 nitrogen and oxygen atoms in total. The molecule has 1 aliphatic rings. The highest BCUT2D eigenvalue weighted by atomic mass is 32.1. The van der Waals surface area contributed by atoms with Gasteiger partial charge in [-0.15, -0.1) is 11.3 Å². The second-order valence-electron chi connectivity index (χ2n) is 7.46. The number of hydrogen-bond acceptors (Lipinski definition) is 6. The lowest BCUT2D eigenvalue weighted by atomic mass is 10.1. The molecule has 4 heterocycles. The van der Waals surface area contributed by atoms with Crippen LogP contribution in [0, 0.1) is 6.92 Å². The molecule has 0 bridgehead atoms. The summed E-state index contributed by atoms with van der Waals surface area (Å²) >= 11 is 1.65. The number of likely N-dealkylation sites (tertiary alicyclic amines) is 1. The number of benzene rings is 1. The summed E-state index contributed by atoms with van der Waals surface area (Å²) in [6.07, 6.45) is 6.07. The number of rotatable bonds is 5. The first-order valence-corrected chi connectivity index (χ1v) is 10.8. The summed E-state index contributed by atoms with van der Waals surface area (Å²) in [4.78, 5) is 17.5. The zero-order chi connectivity index (χ0) is 19.6. The monoisotopic (exact) mass is 401 g/mol. The van der Waals surface area contributed by atoms with Crippen LogP contribution in [0.3, 0.4) is 0 Å². The highest BCUT2D eigenvalue weighted by Gasteiger charge is 2.27. The standard InChI is InChI=1S/C23H23N5S/c1-16-14-25-23(29-16)27-22-11-3-9-20(26-22)21-10-5-13-28(21)15-17-6-2-8-19-18(17)7-4-12-24-19/h2-4,6-9,11-12,14,21H,5,10,13,15H2,1H3,(H,25,26,27). The topological polar surface area (TPSA) is 53.9 Å². The van der Waals surface area contributed by atoms with E-state index in [9.17, 15) is 0 Å². The first kappa shape index (κ1) is 18.2. The van der Waals surface area contributed by atoms with Gasteiger partial charge in [0.2, 0.25) is 0 Å². The third-order valence-electron chi connectivity index (χ3n) is 5.44. The quantitative estimate of drug-likeness (QED) is 0.480. The number of aromatic nitrogens is 3. The zero-order valence-corrected chi connectivity index (χ0v) is 17.2. The molecule has 1 unspecified atom stereocenters. The molecule has 1 saturated heterocycles. The minimum Gasteiger partial charge on any atom is -0.316 e. The van der Waals surface area contributed by atoms with Crippen molar-refractivity contribution in [2.24, 2.45) is 0 Å². The largest absolute Gasteiger partial charge is 0.316 e. The number of pyridine rings is 2. The van der Waals surface area contributed by atoms with E-state index in [0.717, 1.165) is 41.7 Å². The molecule has 0 saturated carbocycles. The fraction of sp³-hybridized carbons (Fsp3) is 0.261. The van der Waals surface area contributed by atoms with Crippen LogP contribution in [0.2, 0.25) is 0 Å². The van der Waals surface area contributed by atoms with Crippen LogP contribution in [0.25, 0.3) is 10.9 Å². The summed E-state index contributed by atoms with van der Waals surface area (Å²) in [6, 6.07) is 17.2. The molecule has 146 valence electrons. The summed E-state index contributed by atoms with van der Waals surface area (Å²) in [5, 5.41) is 5.47. The number of fused-ring (bicyclic) bond motifs is 1. The fourth-order valence-electron chi connectivity index (χ4n) is 4.10. The number of anilines is 2. The van der Waals surface area contributed by atoms with Gasteiger partial charge in [0.1, 0.15) is 5.82 Å². The van der Waals surface area contributed by atoms with Crippen molar-refractivity contribution in [1.82, 2.24) is 19.9 Å². The average Bonchev–Trinajstić information content (AvgIpc) is 3.37. The molecule has 5 rings (SSSR count). The van der Waals surface area contributed by atoms with E-state index in [1.54, 1.807) is 11.3 Å². The van der Waals surface area contributed by atoms with Crippen LogP contribution >= 0.6 is 11.3 Å². The average molecular weight is 402 g/mol. The molecular weight excluding hydrogens is 378 g/mol. The summed E-state index contributed by atoms with van der Waals surface area (Å²) in [5.74, 6) is 0.859. The Morgan fingerprint density at radius 3 is 2.93 bits per heavy atom. The van der Waals surface area contributed by atoms with E-state index in [4.69, 9.17) is 4.98 Å². The lowest BCUT2D eigenvalue weighted by Gasteiger charge is -2.25. The normalized spacial score (nSPS) is 17.1. The molecule has 1 N–H and O–H groups in total. The second kappa shape index (κ2) is 7.89. The van der Waals surface area contributed by atoms with E-state index >= 15 is 0 Å². The summed E-state index contributed by atoms with van der Waals surface area (Å²) < 4.78 is 0. The lowest BCUT2D eigenvalue weighted by molar-refractivity contribution is 0.245. The number of nitrogens with one attached hydrogen (secondary N) is 1. The van der Waals surface area contributed by atoms with Crippen LogP contribution in [0.5, 0.6) is 0 Å². The predicted molar refractivity (Wildman–Crippen MR) is 118 cm³/mol. The number of hydrogen-bond donors (Lipinski definition) is 1. The maximum atomic E-state index is 4.92. The Kier molecular flexibility index (Phi) is 4.96. The van der Waals surface area contributed by atoms with Crippen LogP contribution in [0.4, 0.5) is 10.9 Å². The third-order valence-corrected chi connectivity index (χ3v) is 6.27. The Hall–Kier alpha value is -2.83. The van der Waals surface area contributed by atoms with Gasteiger partial charge < -0.3 is 5.32 Å². The summed E-state index contributed by atoms with van der Waals surface area (Å²) in [7, 11) is 0.